The van der Waals surface area contributed by atoms with Gasteiger partial charge in [-0.25, -0.2) is 4.79 Å². The molecule has 1 aromatic carbocycles. The summed E-state index contributed by atoms with van der Waals surface area (Å²) in [7, 11) is 5.04. The van der Waals surface area contributed by atoms with Gasteiger partial charge in [-0.2, -0.15) is 0 Å². The van der Waals surface area contributed by atoms with Crippen LogP contribution >= 0.6 is 0 Å². The molecule has 1 fully saturated rings. The summed E-state index contributed by atoms with van der Waals surface area (Å²) < 4.78 is 6.79. The number of carbonyl (C=O) groups excluding carboxylic acids is 2. The van der Waals surface area contributed by atoms with Crippen molar-refractivity contribution < 1.29 is 14.3 Å². The van der Waals surface area contributed by atoms with Crippen molar-refractivity contribution in [2.45, 2.75) is 19.0 Å². The molecule has 1 atom stereocenters. The molecule has 26 heavy (non-hydrogen) atoms. The van der Waals surface area contributed by atoms with E-state index in [9.17, 15) is 9.59 Å². The molecule has 1 aliphatic heterocycles. The van der Waals surface area contributed by atoms with Gasteiger partial charge in [-0.15, -0.1) is 5.10 Å². The lowest BCUT2D eigenvalue weighted by molar-refractivity contribution is -0.117. The van der Waals surface area contributed by atoms with Gasteiger partial charge in [0.25, 0.3) is 0 Å². The van der Waals surface area contributed by atoms with E-state index in [-0.39, 0.29) is 24.4 Å². The number of nitrogens with zero attached hydrogens (tertiary/aromatic N) is 5. The minimum atomic E-state index is -0.249. The van der Waals surface area contributed by atoms with E-state index in [0.29, 0.717) is 24.5 Å². The van der Waals surface area contributed by atoms with E-state index in [0.717, 1.165) is 5.69 Å². The van der Waals surface area contributed by atoms with E-state index >= 15 is 0 Å². The summed E-state index contributed by atoms with van der Waals surface area (Å²) in [4.78, 5) is 27.9. The smallest absolute Gasteiger partial charge is 0.317 e. The Hall–Kier alpha value is -3.10. The summed E-state index contributed by atoms with van der Waals surface area (Å²) in [5.74, 6) is 0.659. The van der Waals surface area contributed by atoms with E-state index in [1.165, 1.54) is 4.90 Å². The number of aromatic nitrogens is 3. The quantitative estimate of drug-likeness (QED) is 0.852. The fourth-order valence-corrected chi connectivity index (χ4v) is 2.90. The van der Waals surface area contributed by atoms with Gasteiger partial charge < -0.3 is 19.9 Å². The van der Waals surface area contributed by atoms with Gasteiger partial charge in [0.05, 0.1) is 19.7 Å². The number of amides is 3. The normalized spacial score (nSPS) is 16.7. The number of nitrogens with one attached hydrogen (secondary N) is 1. The second kappa shape index (κ2) is 7.42. The molecule has 0 spiro atoms. The molecule has 1 saturated heterocycles. The second-order valence-electron chi connectivity index (χ2n) is 6.30. The molecule has 0 aliphatic carbocycles. The highest BCUT2D eigenvalue weighted by atomic mass is 16.5. The fraction of sp³-hybridized carbons (Fsp3) is 0.412. The number of methoxy groups -OCH3 is 1. The predicted octanol–water partition coefficient (Wildman–Crippen LogP) is 0.771. The van der Waals surface area contributed by atoms with Gasteiger partial charge in [0.15, 0.2) is 0 Å². The first kappa shape index (κ1) is 17.7. The van der Waals surface area contributed by atoms with Gasteiger partial charge in [0.2, 0.25) is 5.91 Å². The van der Waals surface area contributed by atoms with Gasteiger partial charge in [-0.05, 0) is 12.1 Å². The van der Waals surface area contributed by atoms with E-state index in [1.54, 1.807) is 37.0 Å². The van der Waals surface area contributed by atoms with Gasteiger partial charge in [-0.3, -0.25) is 9.48 Å². The van der Waals surface area contributed by atoms with Crippen LogP contribution < -0.4 is 15.0 Å². The van der Waals surface area contributed by atoms with Crippen LogP contribution in [0.5, 0.6) is 5.75 Å². The van der Waals surface area contributed by atoms with Crippen LogP contribution in [0.15, 0.2) is 30.5 Å². The largest absolute Gasteiger partial charge is 0.497 e. The molecule has 2 aromatic rings. The average Bonchev–Trinajstić information content (AvgIpc) is 3.20. The molecule has 1 aliphatic rings. The molecule has 1 N–H and O–H groups in total. The topological polar surface area (TPSA) is 92.6 Å². The third-order valence-corrected chi connectivity index (χ3v) is 4.21. The molecule has 0 saturated carbocycles. The molecule has 9 nitrogen and oxygen atoms in total. The zero-order chi connectivity index (χ0) is 18.7. The van der Waals surface area contributed by atoms with Gasteiger partial charge >= 0.3 is 6.03 Å². The number of hydrogen-bond donors (Lipinski definition) is 1. The van der Waals surface area contributed by atoms with Gasteiger partial charge in [0.1, 0.15) is 11.4 Å². The maximum Gasteiger partial charge on any atom is 0.317 e. The molecule has 1 unspecified atom stereocenters. The number of ether oxygens (including phenoxy) is 1. The van der Waals surface area contributed by atoms with Crippen LogP contribution in [0.4, 0.5) is 10.5 Å². The molecule has 9 heteroatoms. The van der Waals surface area contributed by atoms with Crippen molar-refractivity contribution in [3.8, 4) is 5.75 Å². The van der Waals surface area contributed by atoms with Crippen LogP contribution in [0, 0.1) is 0 Å². The van der Waals surface area contributed by atoms with Crippen molar-refractivity contribution in [3.63, 3.8) is 0 Å². The summed E-state index contributed by atoms with van der Waals surface area (Å²) in [6.07, 6.45) is 2.02. The predicted molar refractivity (Wildman–Crippen MR) is 94.8 cm³/mol. The van der Waals surface area contributed by atoms with E-state index in [1.807, 2.05) is 24.3 Å². The third-order valence-electron chi connectivity index (χ3n) is 4.21. The van der Waals surface area contributed by atoms with Crippen LogP contribution in [0.1, 0.15) is 12.1 Å². The molecule has 2 heterocycles. The van der Waals surface area contributed by atoms with E-state index in [2.05, 4.69) is 15.6 Å². The third kappa shape index (κ3) is 3.93. The molecular weight excluding hydrogens is 336 g/mol. The van der Waals surface area contributed by atoms with E-state index < -0.39 is 0 Å². The number of anilines is 1. The fourth-order valence-electron chi connectivity index (χ4n) is 2.90. The van der Waals surface area contributed by atoms with Crippen LogP contribution in [-0.4, -0.2) is 58.6 Å². The van der Waals surface area contributed by atoms with Crippen molar-refractivity contribution in [2.24, 2.45) is 7.05 Å². The number of rotatable bonds is 5. The van der Waals surface area contributed by atoms with Crippen molar-refractivity contribution in [1.29, 1.82) is 0 Å². The zero-order valence-electron chi connectivity index (χ0n) is 15.0. The Bertz CT molecular complexity index is 805. The van der Waals surface area contributed by atoms with Crippen molar-refractivity contribution in [2.75, 3.05) is 25.6 Å². The highest BCUT2D eigenvalue weighted by molar-refractivity contribution is 5.97. The summed E-state index contributed by atoms with van der Waals surface area (Å²) >= 11 is 0. The highest BCUT2D eigenvalue weighted by Crippen LogP contribution is 2.25. The van der Waals surface area contributed by atoms with Gasteiger partial charge in [-0.1, -0.05) is 11.3 Å². The molecule has 3 amide bonds. The standard InChI is InChI=1S/C17H22N6O3/c1-21(9-13-10-22(2)20-19-13)17(25)18-12-7-16(24)23(11-12)14-5-4-6-15(8-14)26-3/h4-6,8,10,12H,7,9,11H2,1-3H3,(H,18,25). The molecule has 1 aromatic heterocycles. The Kier molecular flexibility index (Phi) is 5.06. The lowest BCUT2D eigenvalue weighted by Crippen LogP contribution is -2.44. The molecule has 138 valence electrons. The summed E-state index contributed by atoms with van der Waals surface area (Å²) in [5.41, 5.74) is 1.46. The second-order valence-corrected chi connectivity index (χ2v) is 6.30. The summed E-state index contributed by atoms with van der Waals surface area (Å²) in [6, 6.07) is 6.83. The van der Waals surface area contributed by atoms with Crippen LogP contribution in [0.2, 0.25) is 0 Å². The minimum Gasteiger partial charge on any atom is -0.497 e. The number of carbonyl (C=O) groups is 2. The Morgan fingerprint density at radius 2 is 2.27 bits per heavy atom. The zero-order valence-corrected chi connectivity index (χ0v) is 15.0. The number of urea groups is 1. The van der Waals surface area contributed by atoms with Gasteiger partial charge in [0, 0.05) is 45.0 Å². The molecule has 0 radical (unpaired) electrons. The molecule has 3 rings (SSSR count). The number of aryl methyl sites for hydroxylation is 1. The Morgan fingerprint density at radius 1 is 1.46 bits per heavy atom. The monoisotopic (exact) mass is 358 g/mol. The Labute approximate surface area is 151 Å². The molecular formula is C17H22N6O3. The first-order valence-corrected chi connectivity index (χ1v) is 8.27. The summed E-state index contributed by atoms with van der Waals surface area (Å²) in [5, 5.41) is 10.7. The maximum absolute atomic E-state index is 12.4. The summed E-state index contributed by atoms with van der Waals surface area (Å²) in [6.45, 7) is 0.774. The van der Waals surface area contributed by atoms with Crippen LogP contribution in [0.3, 0.4) is 0 Å². The first-order valence-electron chi connectivity index (χ1n) is 8.27. The maximum atomic E-state index is 12.4. The lowest BCUT2D eigenvalue weighted by Gasteiger charge is -2.21. The first-order chi connectivity index (χ1) is 12.5. The average molecular weight is 358 g/mol. The number of benzene rings is 1. The van der Waals surface area contributed by atoms with E-state index in [4.69, 9.17) is 4.74 Å². The lowest BCUT2D eigenvalue weighted by atomic mass is 10.2. The highest BCUT2D eigenvalue weighted by Gasteiger charge is 2.32. The Morgan fingerprint density at radius 3 is 2.96 bits per heavy atom. The van der Waals surface area contributed by atoms with Crippen molar-refractivity contribution in [3.05, 3.63) is 36.2 Å². The van der Waals surface area contributed by atoms with Crippen molar-refractivity contribution >= 4 is 17.6 Å². The van der Waals surface area contributed by atoms with Crippen LogP contribution in [0.25, 0.3) is 0 Å². The number of hydrogen-bond acceptors (Lipinski definition) is 5. The SMILES string of the molecule is COc1cccc(N2CC(NC(=O)N(C)Cc3cn(C)nn3)CC2=O)c1. The van der Waals surface area contributed by atoms with Crippen molar-refractivity contribution in [1.82, 2.24) is 25.2 Å². The minimum absolute atomic E-state index is 0.0277. The molecule has 0 bridgehead atoms. The van der Waals surface area contributed by atoms with Crippen LogP contribution in [-0.2, 0) is 18.4 Å². The Balaban J connectivity index is 1.58.